The van der Waals surface area contributed by atoms with E-state index in [0.29, 0.717) is 0 Å². The number of carbonyl (C=O) groups is 2. The van der Waals surface area contributed by atoms with E-state index in [-0.39, 0.29) is 34.1 Å². The number of rotatable bonds is 6. The number of nitrogens with one attached hydrogen (secondary N) is 1. The maximum atomic E-state index is 13.4. The maximum Gasteiger partial charge on any atom is 0.340 e. The Hall–Kier alpha value is -3.29. The highest BCUT2D eigenvalue weighted by Crippen LogP contribution is 2.45. The molecule has 0 aromatic heterocycles. The summed E-state index contributed by atoms with van der Waals surface area (Å²) in [6, 6.07) is 6.48. The fourth-order valence-electron chi connectivity index (χ4n) is 2.37. The fourth-order valence-corrected chi connectivity index (χ4v) is 2.37. The molecule has 7 nitrogen and oxygen atoms in total. The third-order valence-corrected chi connectivity index (χ3v) is 3.56. The second-order valence-corrected chi connectivity index (χ2v) is 5.02. The third kappa shape index (κ3) is 3.69. The molecule has 0 atom stereocenters. The molecule has 0 saturated carbocycles. The Morgan fingerprint density at radius 2 is 1.65 bits per heavy atom. The van der Waals surface area contributed by atoms with Gasteiger partial charge in [0, 0.05) is 11.6 Å². The van der Waals surface area contributed by atoms with Crippen LogP contribution < -0.4 is 19.5 Å². The van der Waals surface area contributed by atoms with Crippen LogP contribution in [-0.4, -0.2) is 40.3 Å². The van der Waals surface area contributed by atoms with Crippen molar-refractivity contribution in [3.05, 3.63) is 47.3 Å². The minimum Gasteiger partial charge on any atom is -0.493 e. The summed E-state index contributed by atoms with van der Waals surface area (Å²) >= 11 is 0. The summed E-state index contributed by atoms with van der Waals surface area (Å²) < 4.78 is 33.9. The number of amides is 1. The van der Waals surface area contributed by atoms with Crippen molar-refractivity contribution in [1.29, 1.82) is 0 Å². The molecule has 26 heavy (non-hydrogen) atoms. The number of hydrogen-bond donors (Lipinski definition) is 1. The number of ether oxygens (including phenoxy) is 4. The van der Waals surface area contributed by atoms with E-state index < -0.39 is 17.7 Å². The van der Waals surface area contributed by atoms with Crippen LogP contribution in [-0.2, 0) is 4.74 Å². The molecule has 138 valence electrons. The predicted octanol–water partition coefficient (Wildman–Crippen LogP) is 2.89. The van der Waals surface area contributed by atoms with E-state index in [9.17, 15) is 14.0 Å². The Morgan fingerprint density at radius 3 is 2.19 bits per heavy atom. The monoisotopic (exact) mass is 363 g/mol. The largest absolute Gasteiger partial charge is 0.493 e. The van der Waals surface area contributed by atoms with E-state index in [1.807, 2.05) is 0 Å². The van der Waals surface area contributed by atoms with E-state index in [1.54, 1.807) is 0 Å². The summed E-state index contributed by atoms with van der Waals surface area (Å²) in [7, 11) is 5.32. The van der Waals surface area contributed by atoms with Gasteiger partial charge in [-0.3, -0.25) is 4.79 Å². The quantitative estimate of drug-likeness (QED) is 0.795. The number of esters is 1. The molecule has 1 N–H and O–H groups in total. The predicted molar refractivity (Wildman–Crippen MR) is 91.8 cm³/mol. The van der Waals surface area contributed by atoms with Crippen LogP contribution >= 0.6 is 0 Å². The van der Waals surface area contributed by atoms with Crippen molar-refractivity contribution in [1.82, 2.24) is 0 Å². The van der Waals surface area contributed by atoms with Crippen LogP contribution in [0.2, 0.25) is 0 Å². The Kier molecular flexibility index (Phi) is 6.00. The Bertz CT molecular complexity index is 837. The van der Waals surface area contributed by atoms with Crippen LogP contribution in [0.5, 0.6) is 17.2 Å². The van der Waals surface area contributed by atoms with Crippen molar-refractivity contribution in [2.75, 3.05) is 33.8 Å². The van der Waals surface area contributed by atoms with Gasteiger partial charge >= 0.3 is 5.97 Å². The molecule has 0 aliphatic heterocycles. The molecule has 0 heterocycles. The molecule has 0 aliphatic rings. The molecule has 2 rings (SSSR count). The van der Waals surface area contributed by atoms with Crippen LogP contribution in [0.4, 0.5) is 10.1 Å². The number of hydrogen-bond acceptors (Lipinski definition) is 6. The summed E-state index contributed by atoms with van der Waals surface area (Å²) in [6.07, 6.45) is 0. The molecule has 2 aromatic carbocycles. The van der Waals surface area contributed by atoms with Crippen LogP contribution in [0.15, 0.2) is 30.3 Å². The van der Waals surface area contributed by atoms with Gasteiger partial charge in [0.05, 0.1) is 34.0 Å². The standard InChI is InChI=1S/C18H18FNO6/c1-23-13-9-12(18(22)26-4)14(16(25-3)15(13)24-2)20-17(21)10-6-5-7-11(19)8-10/h5-9H,1-4H3,(H,20,21). The summed E-state index contributed by atoms with van der Waals surface area (Å²) in [4.78, 5) is 24.7. The van der Waals surface area contributed by atoms with Crippen molar-refractivity contribution >= 4 is 17.6 Å². The number of anilines is 1. The molecule has 2 aromatic rings. The fraction of sp³-hybridized carbons (Fsp3) is 0.222. The summed E-state index contributed by atoms with van der Waals surface area (Å²) in [5, 5.41) is 2.55. The molecular formula is C18H18FNO6. The molecular weight excluding hydrogens is 345 g/mol. The van der Waals surface area contributed by atoms with Gasteiger partial charge in [0.1, 0.15) is 11.5 Å². The van der Waals surface area contributed by atoms with Gasteiger partial charge in [-0.1, -0.05) is 6.07 Å². The average molecular weight is 363 g/mol. The van der Waals surface area contributed by atoms with E-state index in [2.05, 4.69) is 5.32 Å². The second-order valence-electron chi connectivity index (χ2n) is 5.02. The highest BCUT2D eigenvalue weighted by Gasteiger charge is 2.26. The zero-order chi connectivity index (χ0) is 19.3. The number of methoxy groups -OCH3 is 4. The lowest BCUT2D eigenvalue weighted by atomic mass is 10.1. The molecule has 0 bridgehead atoms. The highest BCUT2D eigenvalue weighted by atomic mass is 19.1. The normalized spacial score (nSPS) is 10.0. The lowest BCUT2D eigenvalue weighted by Crippen LogP contribution is -2.17. The van der Waals surface area contributed by atoms with Crippen molar-refractivity contribution in [3.8, 4) is 17.2 Å². The summed E-state index contributed by atoms with van der Waals surface area (Å²) in [5.41, 5.74) is 0.0793. The minimum atomic E-state index is -0.723. The van der Waals surface area contributed by atoms with Crippen LogP contribution in [0, 0.1) is 5.82 Å². The number of halogens is 1. The Balaban J connectivity index is 2.60. The molecule has 0 unspecified atom stereocenters. The Morgan fingerprint density at radius 1 is 0.962 bits per heavy atom. The lowest BCUT2D eigenvalue weighted by Gasteiger charge is -2.19. The lowest BCUT2D eigenvalue weighted by molar-refractivity contribution is 0.0601. The van der Waals surface area contributed by atoms with Gasteiger partial charge in [-0.15, -0.1) is 0 Å². The number of carbonyl (C=O) groups excluding carboxylic acids is 2. The Labute approximate surface area is 149 Å². The zero-order valence-electron chi connectivity index (χ0n) is 14.7. The topological polar surface area (TPSA) is 83.1 Å². The molecule has 0 aliphatic carbocycles. The van der Waals surface area contributed by atoms with Crippen LogP contribution in [0.25, 0.3) is 0 Å². The first-order valence-corrected chi connectivity index (χ1v) is 7.45. The van der Waals surface area contributed by atoms with Gasteiger partial charge in [0.15, 0.2) is 11.5 Å². The van der Waals surface area contributed by atoms with Gasteiger partial charge in [0.2, 0.25) is 5.75 Å². The van der Waals surface area contributed by atoms with Crippen molar-refractivity contribution in [3.63, 3.8) is 0 Å². The SMILES string of the molecule is COC(=O)c1cc(OC)c(OC)c(OC)c1NC(=O)c1cccc(F)c1. The molecule has 0 radical (unpaired) electrons. The number of benzene rings is 2. The summed E-state index contributed by atoms with van der Waals surface area (Å²) in [5.74, 6) is -1.47. The molecule has 0 fully saturated rings. The second kappa shape index (κ2) is 8.19. The van der Waals surface area contributed by atoms with Crippen LogP contribution in [0.1, 0.15) is 20.7 Å². The summed E-state index contributed by atoms with van der Waals surface area (Å²) in [6.45, 7) is 0. The first-order chi connectivity index (χ1) is 12.5. The van der Waals surface area contributed by atoms with Gasteiger partial charge in [-0.05, 0) is 18.2 Å². The molecule has 0 saturated heterocycles. The van der Waals surface area contributed by atoms with E-state index >= 15 is 0 Å². The maximum absolute atomic E-state index is 13.4. The van der Waals surface area contributed by atoms with Gasteiger partial charge in [-0.25, -0.2) is 9.18 Å². The smallest absolute Gasteiger partial charge is 0.340 e. The molecule has 1 amide bonds. The minimum absolute atomic E-state index is 0.00764. The zero-order valence-corrected chi connectivity index (χ0v) is 14.7. The van der Waals surface area contributed by atoms with Crippen LogP contribution in [0.3, 0.4) is 0 Å². The first kappa shape index (κ1) is 19.0. The first-order valence-electron chi connectivity index (χ1n) is 7.45. The average Bonchev–Trinajstić information content (AvgIpc) is 2.66. The van der Waals surface area contributed by atoms with Crippen molar-refractivity contribution in [2.45, 2.75) is 0 Å². The van der Waals surface area contributed by atoms with E-state index in [0.717, 1.165) is 6.07 Å². The van der Waals surface area contributed by atoms with Gasteiger partial charge < -0.3 is 24.3 Å². The van der Waals surface area contributed by atoms with Crippen molar-refractivity contribution in [2.24, 2.45) is 0 Å². The van der Waals surface area contributed by atoms with Crippen molar-refractivity contribution < 1.29 is 32.9 Å². The molecule has 0 spiro atoms. The van der Waals surface area contributed by atoms with Gasteiger partial charge in [-0.2, -0.15) is 0 Å². The van der Waals surface area contributed by atoms with E-state index in [4.69, 9.17) is 18.9 Å². The van der Waals surface area contributed by atoms with Gasteiger partial charge in [0.25, 0.3) is 5.91 Å². The highest BCUT2D eigenvalue weighted by molar-refractivity contribution is 6.10. The third-order valence-electron chi connectivity index (χ3n) is 3.56. The molecule has 8 heteroatoms. The van der Waals surface area contributed by atoms with E-state index in [1.165, 1.54) is 52.7 Å².